The number of carbonyl (C=O) groups excluding carboxylic acids is 1. The number of amides is 1. The molecule has 2 rings (SSSR count). The molecule has 2 aromatic carbocycles. The van der Waals surface area contributed by atoms with Crippen LogP contribution in [0.5, 0.6) is 0 Å². The van der Waals surface area contributed by atoms with Gasteiger partial charge in [-0.1, -0.05) is 42.5 Å². The van der Waals surface area contributed by atoms with Crippen molar-refractivity contribution >= 4 is 22.4 Å². The molecule has 0 aromatic heterocycles. The highest BCUT2D eigenvalue weighted by atomic mass is 16.1. The van der Waals surface area contributed by atoms with Crippen molar-refractivity contribution in [2.24, 2.45) is 4.99 Å². The van der Waals surface area contributed by atoms with Gasteiger partial charge >= 0.3 is 0 Å². The van der Waals surface area contributed by atoms with Crippen molar-refractivity contribution in [3.63, 3.8) is 0 Å². The van der Waals surface area contributed by atoms with E-state index in [2.05, 4.69) is 17.1 Å². The largest absolute Gasteiger partial charge is 0.273 e. The molecule has 80 valence electrons. The van der Waals surface area contributed by atoms with Crippen molar-refractivity contribution in [1.82, 2.24) is 0 Å². The third kappa shape index (κ3) is 2.01. The number of hydrogen-bond donors (Lipinski definition) is 0. The van der Waals surface area contributed by atoms with Crippen molar-refractivity contribution in [1.29, 1.82) is 0 Å². The molecule has 2 nitrogen and oxygen atoms in total. The fraction of sp³-hybridized carbons (Fsp3) is 0.143. The molecule has 0 aliphatic heterocycles. The molecule has 0 bridgehead atoms. The van der Waals surface area contributed by atoms with E-state index in [9.17, 15) is 4.79 Å². The summed E-state index contributed by atoms with van der Waals surface area (Å²) in [4.78, 5) is 15.0. The second kappa shape index (κ2) is 4.27. The molecule has 0 N–H and O–H groups in total. The van der Waals surface area contributed by atoms with Crippen LogP contribution in [0.1, 0.15) is 19.4 Å². The summed E-state index contributed by atoms with van der Waals surface area (Å²) in [7, 11) is 0. The van der Waals surface area contributed by atoms with Gasteiger partial charge < -0.3 is 0 Å². The third-order valence-corrected chi connectivity index (χ3v) is 2.50. The van der Waals surface area contributed by atoms with Gasteiger partial charge in [-0.2, -0.15) is 0 Å². The maximum atomic E-state index is 11.0. The van der Waals surface area contributed by atoms with E-state index >= 15 is 0 Å². The minimum absolute atomic E-state index is 0.162. The molecule has 0 saturated carbocycles. The van der Waals surface area contributed by atoms with E-state index in [-0.39, 0.29) is 5.91 Å². The molecule has 0 unspecified atom stereocenters. The molecule has 0 fully saturated rings. The second-order valence-corrected chi connectivity index (χ2v) is 3.74. The van der Waals surface area contributed by atoms with Crippen LogP contribution in [0.15, 0.2) is 47.5 Å². The lowest BCUT2D eigenvalue weighted by Gasteiger charge is -2.05. The van der Waals surface area contributed by atoms with Gasteiger partial charge in [-0.05, 0) is 17.7 Å². The summed E-state index contributed by atoms with van der Waals surface area (Å²) in [6, 6.07) is 14.1. The molecule has 1 amide bonds. The Bertz CT molecular complexity index is 564. The highest BCUT2D eigenvalue weighted by Crippen LogP contribution is 2.19. The van der Waals surface area contributed by atoms with E-state index in [1.807, 2.05) is 37.3 Å². The lowest BCUT2D eigenvalue weighted by molar-refractivity contribution is -0.115. The highest BCUT2D eigenvalue weighted by molar-refractivity contribution is 6.12. The Morgan fingerprint density at radius 2 is 1.69 bits per heavy atom. The van der Waals surface area contributed by atoms with Gasteiger partial charge in [0.2, 0.25) is 5.91 Å². The van der Waals surface area contributed by atoms with Crippen molar-refractivity contribution in [3.05, 3.63) is 48.0 Å². The number of carbonyl (C=O) groups is 1. The minimum atomic E-state index is -0.162. The van der Waals surface area contributed by atoms with Gasteiger partial charge in [-0.15, -0.1) is 0 Å². The van der Waals surface area contributed by atoms with E-state index in [1.165, 1.54) is 6.92 Å². The number of aliphatic imine (C=N–C) groups is 1. The average Bonchev–Trinajstić information content (AvgIpc) is 2.27. The van der Waals surface area contributed by atoms with Crippen LogP contribution >= 0.6 is 0 Å². The van der Waals surface area contributed by atoms with Crippen LogP contribution in [0.3, 0.4) is 0 Å². The quantitative estimate of drug-likeness (QED) is 0.666. The van der Waals surface area contributed by atoms with Crippen molar-refractivity contribution in [2.75, 3.05) is 0 Å². The van der Waals surface area contributed by atoms with Gasteiger partial charge in [0.25, 0.3) is 0 Å². The highest BCUT2D eigenvalue weighted by Gasteiger charge is 2.03. The number of fused-ring (bicyclic) bond motifs is 1. The molecule has 0 spiro atoms. The number of nitrogens with zero attached hydrogens (tertiary/aromatic N) is 1. The Balaban J connectivity index is 2.65. The molecule has 0 aliphatic carbocycles. The summed E-state index contributed by atoms with van der Waals surface area (Å²) in [6.45, 7) is 3.33. The van der Waals surface area contributed by atoms with E-state index in [4.69, 9.17) is 0 Å². The topological polar surface area (TPSA) is 29.4 Å². The van der Waals surface area contributed by atoms with Gasteiger partial charge in [-0.25, -0.2) is 4.99 Å². The zero-order chi connectivity index (χ0) is 11.5. The van der Waals surface area contributed by atoms with Crippen LogP contribution in [-0.4, -0.2) is 11.6 Å². The van der Waals surface area contributed by atoms with E-state index in [0.29, 0.717) is 0 Å². The smallest absolute Gasteiger partial charge is 0.242 e. The maximum absolute atomic E-state index is 11.0. The average molecular weight is 211 g/mol. The molecule has 0 saturated heterocycles. The normalized spacial score (nSPS) is 11.8. The van der Waals surface area contributed by atoms with E-state index in [0.717, 1.165) is 22.0 Å². The van der Waals surface area contributed by atoms with Gasteiger partial charge in [0.15, 0.2) is 0 Å². The summed E-state index contributed by atoms with van der Waals surface area (Å²) in [5.41, 5.74) is 1.79. The van der Waals surface area contributed by atoms with Crippen LogP contribution in [0.2, 0.25) is 0 Å². The first-order chi connectivity index (χ1) is 7.68. The molecular formula is C14H13NO. The molecule has 0 aliphatic rings. The van der Waals surface area contributed by atoms with E-state index in [1.54, 1.807) is 0 Å². The Hall–Kier alpha value is -1.96. The van der Waals surface area contributed by atoms with Crippen LogP contribution in [0, 0.1) is 0 Å². The summed E-state index contributed by atoms with van der Waals surface area (Å²) in [6.07, 6.45) is 0. The maximum Gasteiger partial charge on any atom is 0.242 e. The summed E-state index contributed by atoms with van der Waals surface area (Å²) >= 11 is 0. The lowest BCUT2D eigenvalue weighted by Crippen LogP contribution is -1.99. The lowest BCUT2D eigenvalue weighted by atomic mass is 10.0. The Morgan fingerprint density at radius 3 is 2.44 bits per heavy atom. The van der Waals surface area contributed by atoms with Gasteiger partial charge in [0.1, 0.15) is 0 Å². The zero-order valence-electron chi connectivity index (χ0n) is 9.40. The molecule has 16 heavy (non-hydrogen) atoms. The molecular weight excluding hydrogens is 198 g/mol. The molecule has 2 heteroatoms. The zero-order valence-corrected chi connectivity index (χ0v) is 9.40. The van der Waals surface area contributed by atoms with Crippen LogP contribution in [0.25, 0.3) is 10.8 Å². The fourth-order valence-electron chi connectivity index (χ4n) is 1.84. The monoisotopic (exact) mass is 211 g/mol. The molecule has 2 aromatic rings. The summed E-state index contributed by atoms with van der Waals surface area (Å²) in [5, 5.41) is 2.30. The van der Waals surface area contributed by atoms with Crippen molar-refractivity contribution in [3.8, 4) is 0 Å². The van der Waals surface area contributed by atoms with Crippen molar-refractivity contribution in [2.45, 2.75) is 13.8 Å². The molecule has 0 radical (unpaired) electrons. The predicted molar refractivity (Wildman–Crippen MR) is 66.8 cm³/mol. The summed E-state index contributed by atoms with van der Waals surface area (Å²) in [5.74, 6) is -0.162. The van der Waals surface area contributed by atoms with Crippen molar-refractivity contribution < 1.29 is 4.79 Å². The first kappa shape index (κ1) is 10.6. The molecule has 0 heterocycles. The minimum Gasteiger partial charge on any atom is -0.273 e. The number of hydrogen-bond acceptors (Lipinski definition) is 1. The predicted octanol–water partition coefficient (Wildman–Crippen LogP) is 3.20. The van der Waals surface area contributed by atoms with Crippen LogP contribution < -0.4 is 0 Å². The van der Waals surface area contributed by atoms with Crippen LogP contribution in [0.4, 0.5) is 0 Å². The molecule has 0 atom stereocenters. The van der Waals surface area contributed by atoms with Gasteiger partial charge in [-0.3, -0.25) is 4.79 Å². The first-order valence-electron chi connectivity index (χ1n) is 5.22. The van der Waals surface area contributed by atoms with Gasteiger partial charge in [0.05, 0.1) is 0 Å². The third-order valence-electron chi connectivity index (χ3n) is 2.50. The number of benzene rings is 2. The summed E-state index contributed by atoms with van der Waals surface area (Å²) < 4.78 is 0. The fourth-order valence-corrected chi connectivity index (χ4v) is 1.84. The SMILES string of the molecule is CC(=O)N=C(C)c1cccc2ccccc12. The number of rotatable bonds is 1. The Morgan fingerprint density at radius 1 is 1.00 bits per heavy atom. The standard InChI is InChI=1S/C14H13NO/c1-10(15-11(2)16)13-9-5-7-12-6-3-4-8-14(12)13/h3-9H,1-2H3. The first-order valence-corrected chi connectivity index (χ1v) is 5.22. The Labute approximate surface area is 94.6 Å². The van der Waals surface area contributed by atoms with Gasteiger partial charge in [0, 0.05) is 18.2 Å². The van der Waals surface area contributed by atoms with Crippen LogP contribution in [-0.2, 0) is 4.79 Å². The van der Waals surface area contributed by atoms with E-state index < -0.39 is 0 Å². The second-order valence-electron chi connectivity index (χ2n) is 3.74. The Kier molecular flexibility index (Phi) is 2.82.